The summed E-state index contributed by atoms with van der Waals surface area (Å²) in [5.74, 6) is 0.769. The Labute approximate surface area is 123 Å². The third kappa shape index (κ3) is 2.72. The van der Waals surface area contributed by atoms with Crippen molar-refractivity contribution in [2.75, 3.05) is 13.7 Å². The fourth-order valence-electron chi connectivity index (χ4n) is 2.64. The Balaban J connectivity index is 1.92. The van der Waals surface area contributed by atoms with Gasteiger partial charge in [0.2, 0.25) is 0 Å². The molecule has 2 N–H and O–H groups in total. The molecule has 0 bridgehead atoms. The Morgan fingerprint density at radius 2 is 1.95 bits per heavy atom. The maximum atomic E-state index is 13.5. The molecule has 1 atom stereocenters. The molecule has 1 unspecified atom stereocenters. The number of halogens is 1. The Morgan fingerprint density at radius 3 is 2.76 bits per heavy atom. The average Bonchev–Trinajstić information content (AvgIpc) is 2.54. The Kier molecular flexibility index (Phi) is 3.80. The predicted octanol–water partition coefficient (Wildman–Crippen LogP) is 3.21. The highest BCUT2D eigenvalue weighted by atomic mass is 19.1. The maximum Gasteiger partial charge on any atom is 0.165 e. The molecule has 3 rings (SSSR count). The standard InChI is InChI=1S/C17H18FNO2/c1-20-16-10-13(4-6-14(16)18)17(19)12-5-7-15-11(9-12)3-2-8-21-15/h4-7,9-10,17H,2-3,8,19H2,1H3. The summed E-state index contributed by atoms with van der Waals surface area (Å²) in [5.41, 5.74) is 9.31. The summed E-state index contributed by atoms with van der Waals surface area (Å²) in [5, 5.41) is 0. The van der Waals surface area contributed by atoms with Gasteiger partial charge in [-0.15, -0.1) is 0 Å². The summed E-state index contributed by atoms with van der Waals surface area (Å²) in [6.07, 6.45) is 2.03. The second-order valence-electron chi connectivity index (χ2n) is 5.19. The molecule has 0 saturated carbocycles. The van der Waals surface area contributed by atoms with E-state index in [2.05, 4.69) is 6.07 Å². The summed E-state index contributed by atoms with van der Waals surface area (Å²) in [6, 6.07) is 10.4. The SMILES string of the molecule is COc1cc(C(N)c2ccc3c(c2)CCCO3)ccc1F. The van der Waals surface area contributed by atoms with Gasteiger partial charge in [-0.2, -0.15) is 0 Å². The van der Waals surface area contributed by atoms with Crippen molar-refractivity contribution in [2.45, 2.75) is 18.9 Å². The van der Waals surface area contributed by atoms with Gasteiger partial charge < -0.3 is 15.2 Å². The lowest BCUT2D eigenvalue weighted by Gasteiger charge is -2.20. The smallest absolute Gasteiger partial charge is 0.165 e. The topological polar surface area (TPSA) is 44.5 Å². The van der Waals surface area contributed by atoms with Crippen LogP contribution in [0.4, 0.5) is 4.39 Å². The number of rotatable bonds is 3. The number of hydrogen-bond donors (Lipinski definition) is 1. The molecule has 2 aromatic rings. The van der Waals surface area contributed by atoms with Gasteiger partial charge in [0.25, 0.3) is 0 Å². The van der Waals surface area contributed by atoms with Crippen molar-refractivity contribution < 1.29 is 13.9 Å². The van der Waals surface area contributed by atoms with Gasteiger partial charge in [0.05, 0.1) is 19.8 Å². The van der Waals surface area contributed by atoms with Crippen LogP contribution >= 0.6 is 0 Å². The van der Waals surface area contributed by atoms with E-state index in [1.807, 2.05) is 12.1 Å². The molecule has 21 heavy (non-hydrogen) atoms. The molecule has 2 aromatic carbocycles. The van der Waals surface area contributed by atoms with Crippen LogP contribution in [0.25, 0.3) is 0 Å². The first kappa shape index (κ1) is 13.9. The van der Waals surface area contributed by atoms with Crippen molar-refractivity contribution in [3.05, 3.63) is 58.9 Å². The molecular formula is C17H18FNO2. The average molecular weight is 287 g/mol. The highest BCUT2D eigenvalue weighted by Gasteiger charge is 2.16. The van der Waals surface area contributed by atoms with E-state index in [1.165, 1.54) is 18.7 Å². The summed E-state index contributed by atoms with van der Waals surface area (Å²) >= 11 is 0. The van der Waals surface area contributed by atoms with Gasteiger partial charge in [-0.3, -0.25) is 0 Å². The van der Waals surface area contributed by atoms with Crippen LogP contribution in [0.15, 0.2) is 36.4 Å². The first-order valence-corrected chi connectivity index (χ1v) is 7.03. The van der Waals surface area contributed by atoms with Crippen LogP contribution in [0.3, 0.4) is 0 Å². The van der Waals surface area contributed by atoms with Crippen molar-refractivity contribution in [2.24, 2.45) is 5.73 Å². The molecule has 0 saturated heterocycles. The third-order valence-electron chi connectivity index (χ3n) is 3.83. The first-order chi connectivity index (χ1) is 10.2. The van der Waals surface area contributed by atoms with E-state index in [9.17, 15) is 4.39 Å². The maximum absolute atomic E-state index is 13.5. The summed E-state index contributed by atoms with van der Waals surface area (Å²) < 4.78 is 24.1. The van der Waals surface area contributed by atoms with Crippen LogP contribution in [0, 0.1) is 5.82 Å². The number of nitrogens with two attached hydrogens (primary N) is 1. The molecule has 4 heteroatoms. The van der Waals surface area contributed by atoms with E-state index < -0.39 is 0 Å². The van der Waals surface area contributed by atoms with Crippen LogP contribution in [-0.4, -0.2) is 13.7 Å². The zero-order chi connectivity index (χ0) is 14.8. The van der Waals surface area contributed by atoms with Crippen LogP contribution in [0.5, 0.6) is 11.5 Å². The number of ether oxygens (including phenoxy) is 2. The molecule has 0 spiro atoms. The normalized spacial score (nSPS) is 15.0. The van der Waals surface area contributed by atoms with Gasteiger partial charge in [-0.05, 0) is 47.7 Å². The molecule has 1 heterocycles. The van der Waals surface area contributed by atoms with Crippen LogP contribution in [-0.2, 0) is 6.42 Å². The van der Waals surface area contributed by atoms with E-state index in [4.69, 9.17) is 15.2 Å². The minimum atomic E-state index is -0.382. The zero-order valence-electron chi connectivity index (χ0n) is 11.9. The van der Waals surface area contributed by atoms with Crippen LogP contribution in [0.1, 0.15) is 29.2 Å². The number of aryl methyl sites for hydroxylation is 1. The molecular weight excluding hydrogens is 269 g/mol. The van der Waals surface area contributed by atoms with Crippen LogP contribution in [0.2, 0.25) is 0 Å². The molecule has 0 fully saturated rings. The Hall–Kier alpha value is -2.07. The van der Waals surface area contributed by atoms with Crippen molar-refractivity contribution in [3.8, 4) is 11.5 Å². The van der Waals surface area contributed by atoms with Gasteiger partial charge >= 0.3 is 0 Å². The van der Waals surface area contributed by atoms with Crippen molar-refractivity contribution in [1.82, 2.24) is 0 Å². The monoisotopic (exact) mass is 287 g/mol. The fourth-order valence-corrected chi connectivity index (χ4v) is 2.64. The van der Waals surface area contributed by atoms with E-state index in [0.29, 0.717) is 0 Å². The summed E-state index contributed by atoms with van der Waals surface area (Å²) in [7, 11) is 1.45. The van der Waals surface area contributed by atoms with Gasteiger partial charge in [0.1, 0.15) is 5.75 Å². The molecule has 110 valence electrons. The van der Waals surface area contributed by atoms with E-state index in [1.54, 1.807) is 12.1 Å². The number of fused-ring (bicyclic) bond motifs is 1. The Morgan fingerprint density at radius 1 is 1.19 bits per heavy atom. The number of benzene rings is 2. The molecule has 0 radical (unpaired) electrons. The van der Waals surface area contributed by atoms with Crippen molar-refractivity contribution in [1.29, 1.82) is 0 Å². The van der Waals surface area contributed by atoms with Gasteiger partial charge in [0.15, 0.2) is 11.6 Å². The summed E-state index contributed by atoms with van der Waals surface area (Å²) in [4.78, 5) is 0. The minimum absolute atomic E-state index is 0.212. The Bertz CT molecular complexity index is 657. The van der Waals surface area contributed by atoms with Gasteiger partial charge in [-0.1, -0.05) is 18.2 Å². The quantitative estimate of drug-likeness (QED) is 0.942. The minimum Gasteiger partial charge on any atom is -0.494 e. The first-order valence-electron chi connectivity index (χ1n) is 7.03. The molecule has 0 aliphatic carbocycles. The highest BCUT2D eigenvalue weighted by molar-refractivity contribution is 5.43. The molecule has 3 nitrogen and oxygen atoms in total. The van der Waals surface area contributed by atoms with Gasteiger partial charge in [-0.25, -0.2) is 4.39 Å². The largest absolute Gasteiger partial charge is 0.494 e. The van der Waals surface area contributed by atoms with Crippen molar-refractivity contribution >= 4 is 0 Å². The lowest BCUT2D eigenvalue weighted by Crippen LogP contribution is -2.14. The van der Waals surface area contributed by atoms with Crippen LogP contribution < -0.4 is 15.2 Å². The summed E-state index contributed by atoms with van der Waals surface area (Å²) in [6.45, 7) is 0.771. The van der Waals surface area contributed by atoms with Gasteiger partial charge in [0, 0.05) is 0 Å². The number of hydrogen-bond acceptors (Lipinski definition) is 3. The third-order valence-corrected chi connectivity index (χ3v) is 3.83. The molecule has 0 amide bonds. The molecule has 1 aliphatic heterocycles. The second-order valence-corrected chi connectivity index (χ2v) is 5.19. The second kappa shape index (κ2) is 5.74. The van der Waals surface area contributed by atoms with E-state index >= 15 is 0 Å². The predicted molar refractivity (Wildman–Crippen MR) is 79.2 cm³/mol. The van der Waals surface area contributed by atoms with E-state index in [-0.39, 0.29) is 17.6 Å². The van der Waals surface area contributed by atoms with Crippen molar-refractivity contribution in [3.63, 3.8) is 0 Å². The molecule has 1 aliphatic rings. The number of methoxy groups -OCH3 is 1. The zero-order valence-corrected chi connectivity index (χ0v) is 11.9. The lowest BCUT2D eigenvalue weighted by atomic mass is 9.95. The fraction of sp³-hybridized carbons (Fsp3) is 0.294. The highest BCUT2D eigenvalue weighted by Crippen LogP contribution is 2.30. The lowest BCUT2D eigenvalue weighted by molar-refractivity contribution is 0.288. The molecule has 0 aromatic heterocycles. The van der Waals surface area contributed by atoms with E-state index in [0.717, 1.165) is 36.3 Å².